The van der Waals surface area contributed by atoms with Gasteiger partial charge in [0, 0.05) is 12.5 Å². The zero-order valence-corrected chi connectivity index (χ0v) is 12.3. The Kier molecular flexibility index (Phi) is 6.31. The lowest BCUT2D eigenvalue weighted by molar-refractivity contribution is -0.137. The van der Waals surface area contributed by atoms with Crippen molar-refractivity contribution in [1.82, 2.24) is 5.32 Å². The number of carboxylic acids is 1. The summed E-state index contributed by atoms with van der Waals surface area (Å²) < 4.78 is 0. The number of halogens is 1. The number of rotatable bonds is 6. The summed E-state index contributed by atoms with van der Waals surface area (Å²) in [6.07, 6.45) is 1.25. The van der Waals surface area contributed by atoms with Gasteiger partial charge in [-0.3, -0.25) is 4.79 Å². The average molecular weight is 299 g/mol. The first-order chi connectivity index (χ1) is 9.38. The van der Waals surface area contributed by atoms with Gasteiger partial charge in [0.15, 0.2) is 0 Å². The first-order valence-electron chi connectivity index (χ1n) is 6.44. The van der Waals surface area contributed by atoms with E-state index in [0.29, 0.717) is 23.6 Å². The van der Waals surface area contributed by atoms with Gasteiger partial charge in [0.05, 0.1) is 10.7 Å². The molecule has 0 heterocycles. The van der Waals surface area contributed by atoms with Crippen molar-refractivity contribution in [2.75, 3.05) is 5.32 Å². The van der Waals surface area contributed by atoms with Gasteiger partial charge in [-0.2, -0.15) is 0 Å². The number of nitrogens with one attached hydrogen (secondary N) is 2. The number of anilines is 1. The highest BCUT2D eigenvalue weighted by Gasteiger charge is 2.09. The maximum atomic E-state index is 11.8. The number of carbonyl (C=O) groups is 2. The number of benzene rings is 1. The molecule has 1 atom stereocenters. The summed E-state index contributed by atoms with van der Waals surface area (Å²) in [5.41, 5.74) is 1.57. The van der Waals surface area contributed by atoms with Crippen LogP contribution in [0.4, 0.5) is 10.5 Å². The Morgan fingerprint density at radius 3 is 2.70 bits per heavy atom. The number of hydrogen-bond acceptors (Lipinski definition) is 2. The van der Waals surface area contributed by atoms with E-state index in [2.05, 4.69) is 10.6 Å². The second-order valence-corrected chi connectivity index (χ2v) is 5.18. The smallest absolute Gasteiger partial charge is 0.319 e. The largest absolute Gasteiger partial charge is 0.481 e. The molecule has 0 aromatic heterocycles. The normalized spacial score (nSPS) is 11.8. The van der Waals surface area contributed by atoms with E-state index in [1.807, 2.05) is 19.9 Å². The fourth-order valence-electron chi connectivity index (χ4n) is 1.74. The number of aryl methyl sites for hydroxylation is 1. The lowest BCUT2D eigenvalue weighted by Crippen LogP contribution is -2.36. The van der Waals surface area contributed by atoms with Crippen LogP contribution >= 0.6 is 11.6 Å². The standard InChI is InChI=1S/C14H19ClN2O3/c1-9-6-7-12(11(15)8-9)17-14(20)16-10(2)4-3-5-13(18)19/h6-8,10H,3-5H2,1-2H3,(H,18,19)(H2,16,17,20). The number of amides is 2. The lowest BCUT2D eigenvalue weighted by Gasteiger charge is -2.15. The molecule has 6 heteroatoms. The van der Waals surface area contributed by atoms with Crippen molar-refractivity contribution in [2.45, 2.75) is 39.2 Å². The van der Waals surface area contributed by atoms with E-state index in [1.54, 1.807) is 12.1 Å². The third kappa shape index (κ3) is 5.93. The number of hydrogen-bond donors (Lipinski definition) is 3. The van der Waals surface area contributed by atoms with Crippen LogP contribution in [-0.2, 0) is 4.79 Å². The van der Waals surface area contributed by atoms with Gasteiger partial charge in [0.2, 0.25) is 0 Å². The Bertz CT molecular complexity index is 491. The Balaban J connectivity index is 2.41. The van der Waals surface area contributed by atoms with Crippen molar-refractivity contribution in [1.29, 1.82) is 0 Å². The van der Waals surface area contributed by atoms with Crippen LogP contribution in [0.2, 0.25) is 5.02 Å². The van der Waals surface area contributed by atoms with Gasteiger partial charge >= 0.3 is 12.0 Å². The van der Waals surface area contributed by atoms with Gasteiger partial charge in [-0.05, 0) is 44.4 Å². The molecule has 20 heavy (non-hydrogen) atoms. The zero-order chi connectivity index (χ0) is 15.1. The predicted octanol–water partition coefficient (Wildman–Crippen LogP) is 3.41. The summed E-state index contributed by atoms with van der Waals surface area (Å²) in [6.45, 7) is 3.75. The zero-order valence-electron chi connectivity index (χ0n) is 11.6. The quantitative estimate of drug-likeness (QED) is 0.753. The van der Waals surface area contributed by atoms with Crippen LogP contribution in [0.5, 0.6) is 0 Å². The van der Waals surface area contributed by atoms with Crippen LogP contribution in [0.15, 0.2) is 18.2 Å². The Morgan fingerprint density at radius 1 is 1.40 bits per heavy atom. The SMILES string of the molecule is Cc1ccc(NC(=O)NC(C)CCCC(=O)O)c(Cl)c1. The summed E-state index contributed by atoms with van der Waals surface area (Å²) >= 11 is 6.02. The van der Waals surface area contributed by atoms with E-state index in [-0.39, 0.29) is 18.5 Å². The summed E-state index contributed by atoms with van der Waals surface area (Å²) in [6, 6.07) is 4.93. The third-order valence-corrected chi connectivity index (χ3v) is 3.09. The maximum Gasteiger partial charge on any atom is 0.319 e. The third-order valence-electron chi connectivity index (χ3n) is 2.78. The molecule has 0 spiro atoms. The molecule has 2 amide bonds. The number of urea groups is 1. The molecule has 0 bridgehead atoms. The van der Waals surface area contributed by atoms with E-state index < -0.39 is 5.97 Å². The number of aliphatic carboxylic acids is 1. The summed E-state index contributed by atoms with van der Waals surface area (Å²) in [7, 11) is 0. The Hall–Kier alpha value is -1.75. The summed E-state index contributed by atoms with van der Waals surface area (Å²) in [4.78, 5) is 22.2. The van der Waals surface area contributed by atoms with E-state index >= 15 is 0 Å². The van der Waals surface area contributed by atoms with Gasteiger partial charge in [0.1, 0.15) is 0 Å². The van der Waals surface area contributed by atoms with Crippen LogP contribution in [0.1, 0.15) is 31.7 Å². The van der Waals surface area contributed by atoms with E-state index in [4.69, 9.17) is 16.7 Å². The van der Waals surface area contributed by atoms with E-state index in [0.717, 1.165) is 5.56 Å². The fraction of sp³-hybridized carbons (Fsp3) is 0.429. The topological polar surface area (TPSA) is 78.4 Å². The molecule has 0 saturated carbocycles. The molecule has 0 aliphatic carbocycles. The van der Waals surface area contributed by atoms with Gasteiger partial charge < -0.3 is 15.7 Å². The molecule has 1 unspecified atom stereocenters. The Labute approximate surface area is 123 Å². The van der Waals surface area contributed by atoms with Gasteiger partial charge in [-0.1, -0.05) is 17.7 Å². The van der Waals surface area contributed by atoms with Crippen LogP contribution < -0.4 is 10.6 Å². The highest BCUT2D eigenvalue weighted by atomic mass is 35.5. The highest BCUT2D eigenvalue weighted by Crippen LogP contribution is 2.22. The second kappa shape index (κ2) is 7.75. The van der Waals surface area contributed by atoms with Crippen molar-refractivity contribution in [2.24, 2.45) is 0 Å². The molecule has 1 rings (SSSR count). The van der Waals surface area contributed by atoms with Crippen molar-refractivity contribution in [3.8, 4) is 0 Å². The van der Waals surface area contributed by atoms with Crippen LogP contribution in [0.25, 0.3) is 0 Å². The molecule has 0 fully saturated rings. The molecular formula is C14H19ClN2O3. The molecule has 3 N–H and O–H groups in total. The van der Waals surface area contributed by atoms with Gasteiger partial charge in [0.25, 0.3) is 0 Å². The van der Waals surface area contributed by atoms with Crippen LogP contribution in [0.3, 0.4) is 0 Å². The van der Waals surface area contributed by atoms with Gasteiger partial charge in [-0.15, -0.1) is 0 Å². The average Bonchev–Trinajstić information content (AvgIpc) is 2.32. The molecule has 0 radical (unpaired) electrons. The monoisotopic (exact) mass is 298 g/mol. The summed E-state index contributed by atoms with van der Waals surface area (Å²) in [5.74, 6) is -0.826. The molecule has 1 aromatic carbocycles. The van der Waals surface area contributed by atoms with Gasteiger partial charge in [-0.25, -0.2) is 4.79 Å². The lowest BCUT2D eigenvalue weighted by atomic mass is 10.1. The number of carboxylic acid groups (broad SMARTS) is 1. The maximum absolute atomic E-state index is 11.8. The molecular weight excluding hydrogens is 280 g/mol. The molecule has 110 valence electrons. The molecule has 0 saturated heterocycles. The van der Waals surface area contributed by atoms with Crippen LogP contribution in [0, 0.1) is 6.92 Å². The minimum Gasteiger partial charge on any atom is -0.481 e. The molecule has 1 aromatic rings. The van der Waals surface area contributed by atoms with Crippen molar-refractivity contribution in [3.63, 3.8) is 0 Å². The first-order valence-corrected chi connectivity index (χ1v) is 6.81. The second-order valence-electron chi connectivity index (χ2n) is 4.77. The predicted molar refractivity (Wildman–Crippen MR) is 79.3 cm³/mol. The first kappa shape index (κ1) is 16.3. The minimum atomic E-state index is -0.826. The Morgan fingerprint density at radius 2 is 2.10 bits per heavy atom. The minimum absolute atomic E-state index is 0.0985. The highest BCUT2D eigenvalue weighted by molar-refractivity contribution is 6.33. The van der Waals surface area contributed by atoms with E-state index in [9.17, 15) is 9.59 Å². The van der Waals surface area contributed by atoms with Crippen molar-refractivity contribution < 1.29 is 14.7 Å². The van der Waals surface area contributed by atoms with Crippen molar-refractivity contribution in [3.05, 3.63) is 28.8 Å². The van der Waals surface area contributed by atoms with Crippen molar-refractivity contribution >= 4 is 29.3 Å². The fourth-order valence-corrected chi connectivity index (χ4v) is 2.02. The molecule has 0 aliphatic heterocycles. The number of carbonyl (C=O) groups excluding carboxylic acids is 1. The molecule has 5 nitrogen and oxygen atoms in total. The van der Waals surface area contributed by atoms with Crippen LogP contribution in [-0.4, -0.2) is 23.1 Å². The van der Waals surface area contributed by atoms with E-state index in [1.165, 1.54) is 0 Å². The summed E-state index contributed by atoms with van der Waals surface area (Å²) in [5, 5.41) is 14.4. The molecule has 0 aliphatic rings.